The van der Waals surface area contributed by atoms with E-state index in [2.05, 4.69) is 25.2 Å². The standard InChI is InChI=1S/C11H16ClNS/c1-8(11(2)5-6-11)13-7-9-3-4-10(12)14-9/h3-4,8,13H,5-7H2,1-2H3. The molecule has 1 aliphatic rings. The Morgan fingerprint density at radius 2 is 2.29 bits per heavy atom. The predicted molar refractivity (Wildman–Crippen MR) is 63.0 cm³/mol. The summed E-state index contributed by atoms with van der Waals surface area (Å²) in [7, 11) is 0. The summed E-state index contributed by atoms with van der Waals surface area (Å²) < 4.78 is 0.882. The van der Waals surface area contributed by atoms with Crippen LogP contribution in [0.2, 0.25) is 4.34 Å². The third-order valence-corrected chi connectivity index (χ3v) is 4.53. The van der Waals surface area contributed by atoms with Crippen LogP contribution in [-0.4, -0.2) is 6.04 Å². The van der Waals surface area contributed by atoms with Gasteiger partial charge in [-0.2, -0.15) is 0 Å². The summed E-state index contributed by atoms with van der Waals surface area (Å²) in [4.78, 5) is 1.33. The summed E-state index contributed by atoms with van der Waals surface area (Å²) in [5.74, 6) is 0. The number of halogens is 1. The maximum atomic E-state index is 5.87. The summed E-state index contributed by atoms with van der Waals surface area (Å²) in [6.07, 6.45) is 2.73. The number of hydrogen-bond acceptors (Lipinski definition) is 2. The van der Waals surface area contributed by atoms with Crippen LogP contribution in [0.1, 0.15) is 31.6 Å². The van der Waals surface area contributed by atoms with Crippen LogP contribution in [0.4, 0.5) is 0 Å². The van der Waals surface area contributed by atoms with Gasteiger partial charge in [0.15, 0.2) is 0 Å². The fraction of sp³-hybridized carbons (Fsp3) is 0.636. The first-order chi connectivity index (χ1) is 6.60. The van der Waals surface area contributed by atoms with Crippen molar-refractivity contribution in [3.63, 3.8) is 0 Å². The van der Waals surface area contributed by atoms with Crippen molar-refractivity contribution in [3.8, 4) is 0 Å². The molecular weight excluding hydrogens is 214 g/mol. The molecule has 0 spiro atoms. The highest BCUT2D eigenvalue weighted by Crippen LogP contribution is 2.48. The van der Waals surface area contributed by atoms with Crippen LogP contribution in [0, 0.1) is 5.41 Å². The van der Waals surface area contributed by atoms with Gasteiger partial charge in [0.25, 0.3) is 0 Å². The third-order valence-electron chi connectivity index (χ3n) is 3.30. The molecule has 1 heterocycles. The molecule has 1 aromatic rings. The molecule has 1 saturated carbocycles. The first-order valence-corrected chi connectivity index (χ1v) is 6.27. The zero-order valence-electron chi connectivity index (χ0n) is 8.64. The Morgan fingerprint density at radius 3 is 2.79 bits per heavy atom. The number of nitrogens with one attached hydrogen (secondary N) is 1. The van der Waals surface area contributed by atoms with Crippen molar-refractivity contribution in [2.45, 2.75) is 39.3 Å². The summed E-state index contributed by atoms with van der Waals surface area (Å²) in [5, 5.41) is 3.57. The van der Waals surface area contributed by atoms with E-state index in [0.29, 0.717) is 11.5 Å². The minimum atomic E-state index is 0.557. The van der Waals surface area contributed by atoms with Crippen LogP contribution in [0.3, 0.4) is 0 Å². The van der Waals surface area contributed by atoms with Crippen LogP contribution < -0.4 is 5.32 Å². The van der Waals surface area contributed by atoms with E-state index in [1.54, 1.807) is 11.3 Å². The topological polar surface area (TPSA) is 12.0 Å². The average Bonchev–Trinajstić information content (AvgIpc) is 2.76. The summed E-state index contributed by atoms with van der Waals surface area (Å²) in [6, 6.07) is 4.68. The van der Waals surface area contributed by atoms with Gasteiger partial charge < -0.3 is 5.32 Å². The van der Waals surface area contributed by atoms with Crippen molar-refractivity contribution in [1.29, 1.82) is 0 Å². The highest BCUT2D eigenvalue weighted by molar-refractivity contribution is 7.16. The molecule has 1 fully saturated rings. The molecule has 78 valence electrons. The SMILES string of the molecule is CC(NCc1ccc(Cl)s1)C1(C)CC1. The fourth-order valence-corrected chi connectivity index (χ4v) is 2.62. The van der Waals surface area contributed by atoms with E-state index >= 15 is 0 Å². The van der Waals surface area contributed by atoms with Gasteiger partial charge in [-0.3, -0.25) is 0 Å². The number of rotatable bonds is 4. The van der Waals surface area contributed by atoms with Gasteiger partial charge in [0, 0.05) is 17.5 Å². The molecule has 1 N–H and O–H groups in total. The molecule has 2 rings (SSSR count). The fourth-order valence-electron chi connectivity index (χ4n) is 1.58. The Balaban J connectivity index is 1.82. The zero-order chi connectivity index (χ0) is 10.2. The van der Waals surface area contributed by atoms with E-state index in [-0.39, 0.29) is 0 Å². The molecule has 0 radical (unpaired) electrons. The smallest absolute Gasteiger partial charge is 0.0931 e. The molecule has 1 nitrogen and oxygen atoms in total. The zero-order valence-corrected chi connectivity index (χ0v) is 10.2. The van der Waals surface area contributed by atoms with E-state index in [1.807, 2.05) is 6.07 Å². The third kappa shape index (κ3) is 2.30. The van der Waals surface area contributed by atoms with E-state index in [4.69, 9.17) is 11.6 Å². The number of thiophene rings is 1. The maximum Gasteiger partial charge on any atom is 0.0931 e. The van der Waals surface area contributed by atoms with E-state index in [1.165, 1.54) is 17.7 Å². The predicted octanol–water partition coefficient (Wildman–Crippen LogP) is 3.68. The van der Waals surface area contributed by atoms with E-state index in [0.717, 1.165) is 10.9 Å². The molecule has 1 aromatic heterocycles. The van der Waals surface area contributed by atoms with Gasteiger partial charge in [-0.25, -0.2) is 0 Å². The average molecular weight is 230 g/mol. The number of hydrogen-bond donors (Lipinski definition) is 1. The second-order valence-corrected chi connectivity index (χ2v) is 6.26. The van der Waals surface area contributed by atoms with Gasteiger partial charge in [0.2, 0.25) is 0 Å². The van der Waals surface area contributed by atoms with Crippen molar-refractivity contribution in [1.82, 2.24) is 5.32 Å². The molecule has 0 aromatic carbocycles. The lowest BCUT2D eigenvalue weighted by Gasteiger charge is -2.19. The van der Waals surface area contributed by atoms with Crippen molar-refractivity contribution in [3.05, 3.63) is 21.3 Å². The highest BCUT2D eigenvalue weighted by Gasteiger charge is 2.42. The van der Waals surface area contributed by atoms with Gasteiger partial charge in [-0.1, -0.05) is 18.5 Å². The van der Waals surface area contributed by atoms with Gasteiger partial charge in [0.05, 0.1) is 4.34 Å². The van der Waals surface area contributed by atoms with Crippen LogP contribution in [0.5, 0.6) is 0 Å². The molecule has 0 amide bonds. The van der Waals surface area contributed by atoms with E-state index in [9.17, 15) is 0 Å². The van der Waals surface area contributed by atoms with Gasteiger partial charge in [-0.05, 0) is 37.3 Å². The summed E-state index contributed by atoms with van der Waals surface area (Å²) in [5.41, 5.74) is 0.557. The van der Waals surface area contributed by atoms with Crippen molar-refractivity contribution >= 4 is 22.9 Å². The monoisotopic (exact) mass is 229 g/mol. The van der Waals surface area contributed by atoms with E-state index < -0.39 is 0 Å². The molecule has 1 aliphatic carbocycles. The largest absolute Gasteiger partial charge is 0.309 e. The lowest BCUT2D eigenvalue weighted by Crippen LogP contribution is -2.32. The van der Waals surface area contributed by atoms with Crippen LogP contribution in [-0.2, 0) is 6.54 Å². The Bertz CT molecular complexity index is 317. The van der Waals surface area contributed by atoms with Gasteiger partial charge in [0.1, 0.15) is 0 Å². The van der Waals surface area contributed by atoms with Crippen LogP contribution in [0.15, 0.2) is 12.1 Å². The molecule has 0 aliphatic heterocycles. The van der Waals surface area contributed by atoms with Crippen LogP contribution in [0.25, 0.3) is 0 Å². The normalized spacial score (nSPS) is 20.8. The minimum Gasteiger partial charge on any atom is -0.309 e. The second-order valence-electron chi connectivity index (χ2n) is 4.46. The molecular formula is C11H16ClNS. The Labute approximate surface area is 94.5 Å². The maximum absolute atomic E-state index is 5.87. The van der Waals surface area contributed by atoms with Crippen molar-refractivity contribution in [2.24, 2.45) is 5.41 Å². The summed E-state index contributed by atoms with van der Waals surface area (Å²) in [6.45, 7) is 5.59. The molecule has 3 heteroatoms. The molecule has 1 unspecified atom stereocenters. The lowest BCUT2D eigenvalue weighted by molar-refractivity contribution is 0.381. The van der Waals surface area contributed by atoms with Gasteiger partial charge >= 0.3 is 0 Å². The quantitative estimate of drug-likeness (QED) is 0.831. The first kappa shape index (κ1) is 10.5. The molecule has 0 bridgehead atoms. The van der Waals surface area contributed by atoms with Crippen molar-refractivity contribution < 1.29 is 0 Å². The van der Waals surface area contributed by atoms with Crippen LogP contribution >= 0.6 is 22.9 Å². The summed E-state index contributed by atoms with van der Waals surface area (Å²) >= 11 is 7.53. The Morgan fingerprint density at radius 1 is 1.57 bits per heavy atom. The second kappa shape index (κ2) is 3.84. The Kier molecular flexibility index (Phi) is 2.87. The minimum absolute atomic E-state index is 0.557. The molecule has 14 heavy (non-hydrogen) atoms. The van der Waals surface area contributed by atoms with Crippen molar-refractivity contribution in [2.75, 3.05) is 0 Å². The molecule has 0 saturated heterocycles. The van der Waals surface area contributed by atoms with Gasteiger partial charge in [-0.15, -0.1) is 11.3 Å². The highest BCUT2D eigenvalue weighted by atomic mass is 35.5. The first-order valence-electron chi connectivity index (χ1n) is 5.08. The lowest BCUT2D eigenvalue weighted by atomic mass is 10.0. The molecule has 1 atom stereocenters. The Hall–Kier alpha value is -0.0500.